The number of nitrogens with zero attached hydrogens (tertiary/aromatic N) is 4. The SMILES string of the molecule is [N-]=[N+]=NCCCC(=O)SCc1ccccn1. The number of rotatable bonds is 6. The third kappa shape index (κ3) is 5.38. The molecule has 0 saturated heterocycles. The van der Waals surface area contributed by atoms with Crippen LogP contribution in [0.25, 0.3) is 10.4 Å². The highest BCUT2D eigenvalue weighted by atomic mass is 32.2. The van der Waals surface area contributed by atoms with E-state index in [0.29, 0.717) is 25.1 Å². The Morgan fingerprint density at radius 3 is 3.12 bits per heavy atom. The fourth-order valence-corrected chi connectivity index (χ4v) is 1.82. The second-order valence-corrected chi connectivity index (χ2v) is 4.07. The molecule has 1 heterocycles. The lowest BCUT2D eigenvalue weighted by atomic mass is 10.3. The van der Waals surface area contributed by atoms with Crippen molar-refractivity contribution in [1.82, 2.24) is 4.98 Å². The molecule has 16 heavy (non-hydrogen) atoms. The molecule has 1 aromatic heterocycles. The van der Waals surface area contributed by atoms with Crippen molar-refractivity contribution in [1.29, 1.82) is 0 Å². The Bertz CT molecular complexity index is 376. The standard InChI is InChI=1S/C10H12N4OS/c11-14-13-7-3-5-10(15)16-8-9-4-1-2-6-12-9/h1-2,4,6H,3,5,7-8H2. The zero-order chi connectivity index (χ0) is 11.6. The normalized spacial score (nSPS) is 9.50. The van der Waals surface area contributed by atoms with Crippen LogP contribution in [-0.4, -0.2) is 16.6 Å². The van der Waals surface area contributed by atoms with Crippen molar-refractivity contribution in [2.75, 3.05) is 6.54 Å². The van der Waals surface area contributed by atoms with Crippen LogP contribution in [0.15, 0.2) is 29.5 Å². The molecule has 0 aliphatic heterocycles. The molecule has 0 aromatic carbocycles. The minimum absolute atomic E-state index is 0.110. The summed E-state index contributed by atoms with van der Waals surface area (Å²) in [6.45, 7) is 0.381. The highest BCUT2D eigenvalue weighted by Crippen LogP contribution is 2.13. The lowest BCUT2D eigenvalue weighted by Gasteiger charge is -1.99. The van der Waals surface area contributed by atoms with E-state index in [-0.39, 0.29) is 5.12 Å². The molecular weight excluding hydrogens is 224 g/mol. The number of aromatic nitrogens is 1. The van der Waals surface area contributed by atoms with Crippen LogP contribution < -0.4 is 0 Å². The van der Waals surface area contributed by atoms with Crippen LogP contribution in [-0.2, 0) is 10.5 Å². The van der Waals surface area contributed by atoms with Gasteiger partial charge in [-0.1, -0.05) is 22.9 Å². The maximum absolute atomic E-state index is 11.4. The molecule has 0 amide bonds. The first-order valence-corrected chi connectivity index (χ1v) is 5.88. The average Bonchev–Trinajstić information content (AvgIpc) is 2.33. The van der Waals surface area contributed by atoms with Crippen LogP contribution in [0.3, 0.4) is 0 Å². The number of pyridine rings is 1. The van der Waals surface area contributed by atoms with Gasteiger partial charge in [0.05, 0.1) is 5.69 Å². The Labute approximate surface area is 97.9 Å². The van der Waals surface area contributed by atoms with Gasteiger partial charge >= 0.3 is 0 Å². The van der Waals surface area contributed by atoms with E-state index in [1.807, 2.05) is 18.2 Å². The van der Waals surface area contributed by atoms with E-state index in [4.69, 9.17) is 5.53 Å². The van der Waals surface area contributed by atoms with Gasteiger partial charge in [0.15, 0.2) is 5.12 Å². The Morgan fingerprint density at radius 2 is 2.44 bits per heavy atom. The third-order valence-corrected chi connectivity index (χ3v) is 2.78. The lowest BCUT2D eigenvalue weighted by Crippen LogP contribution is -1.95. The first-order chi connectivity index (χ1) is 7.83. The first-order valence-electron chi connectivity index (χ1n) is 4.89. The van der Waals surface area contributed by atoms with Crippen LogP contribution in [0.5, 0.6) is 0 Å². The Morgan fingerprint density at radius 1 is 1.56 bits per heavy atom. The second-order valence-electron chi connectivity index (χ2n) is 3.04. The van der Waals surface area contributed by atoms with Gasteiger partial charge in [0.1, 0.15) is 0 Å². The van der Waals surface area contributed by atoms with Crippen molar-refractivity contribution in [2.45, 2.75) is 18.6 Å². The summed E-state index contributed by atoms with van der Waals surface area (Å²) in [6.07, 6.45) is 2.76. The van der Waals surface area contributed by atoms with Gasteiger partial charge in [-0.05, 0) is 24.1 Å². The van der Waals surface area contributed by atoms with Gasteiger partial charge < -0.3 is 0 Å². The molecule has 1 aromatic rings. The minimum Gasteiger partial charge on any atom is -0.287 e. The molecule has 0 radical (unpaired) electrons. The van der Waals surface area contributed by atoms with E-state index >= 15 is 0 Å². The van der Waals surface area contributed by atoms with Crippen molar-refractivity contribution >= 4 is 16.9 Å². The summed E-state index contributed by atoms with van der Waals surface area (Å²) in [5.41, 5.74) is 8.94. The highest BCUT2D eigenvalue weighted by molar-refractivity contribution is 8.12. The van der Waals surface area contributed by atoms with E-state index in [1.165, 1.54) is 11.8 Å². The zero-order valence-corrected chi connectivity index (χ0v) is 9.56. The first kappa shape index (κ1) is 12.5. The Balaban J connectivity index is 2.18. The fraction of sp³-hybridized carbons (Fsp3) is 0.400. The van der Waals surface area contributed by atoms with E-state index in [2.05, 4.69) is 15.0 Å². The smallest absolute Gasteiger partial charge is 0.189 e. The summed E-state index contributed by atoms with van der Waals surface area (Å²) in [5.74, 6) is 0.598. The zero-order valence-electron chi connectivity index (χ0n) is 8.74. The predicted octanol–water partition coefficient (Wildman–Crippen LogP) is 2.93. The summed E-state index contributed by atoms with van der Waals surface area (Å²) in [5, 5.41) is 3.48. The molecule has 0 saturated carbocycles. The van der Waals surface area contributed by atoms with E-state index in [1.54, 1.807) is 6.20 Å². The van der Waals surface area contributed by atoms with Crippen molar-refractivity contribution in [3.8, 4) is 0 Å². The molecule has 6 heteroatoms. The third-order valence-electron chi connectivity index (χ3n) is 1.81. The van der Waals surface area contributed by atoms with Gasteiger partial charge in [0, 0.05) is 29.8 Å². The minimum atomic E-state index is 0.110. The number of carbonyl (C=O) groups excluding carboxylic acids is 1. The van der Waals surface area contributed by atoms with Crippen molar-refractivity contribution in [3.63, 3.8) is 0 Å². The lowest BCUT2D eigenvalue weighted by molar-refractivity contribution is -0.111. The molecule has 0 atom stereocenters. The molecule has 0 aliphatic carbocycles. The van der Waals surface area contributed by atoms with Gasteiger partial charge in [-0.2, -0.15) is 0 Å². The predicted molar refractivity (Wildman–Crippen MR) is 63.8 cm³/mol. The van der Waals surface area contributed by atoms with Crippen LogP contribution in [0, 0.1) is 0 Å². The van der Waals surface area contributed by atoms with Gasteiger partial charge in [-0.15, -0.1) is 0 Å². The Kier molecular flexibility index (Phi) is 6.06. The van der Waals surface area contributed by atoms with Crippen molar-refractivity contribution in [3.05, 3.63) is 40.5 Å². The highest BCUT2D eigenvalue weighted by Gasteiger charge is 2.03. The van der Waals surface area contributed by atoms with Crippen molar-refractivity contribution < 1.29 is 4.79 Å². The van der Waals surface area contributed by atoms with Crippen LogP contribution in [0.2, 0.25) is 0 Å². The molecule has 0 unspecified atom stereocenters. The van der Waals surface area contributed by atoms with Gasteiger partial charge in [0.25, 0.3) is 0 Å². The van der Waals surface area contributed by atoms with E-state index in [9.17, 15) is 4.79 Å². The quantitative estimate of drug-likeness (QED) is 0.329. The molecule has 1 rings (SSSR count). The van der Waals surface area contributed by atoms with E-state index < -0.39 is 0 Å². The van der Waals surface area contributed by atoms with Crippen LogP contribution in [0.1, 0.15) is 18.5 Å². The average molecular weight is 236 g/mol. The molecule has 0 fully saturated rings. The topological polar surface area (TPSA) is 78.7 Å². The molecule has 84 valence electrons. The molecule has 5 nitrogen and oxygen atoms in total. The summed E-state index contributed by atoms with van der Waals surface area (Å²) in [4.78, 5) is 18.1. The van der Waals surface area contributed by atoms with Gasteiger partial charge in [-0.3, -0.25) is 9.78 Å². The van der Waals surface area contributed by atoms with Crippen molar-refractivity contribution in [2.24, 2.45) is 5.11 Å². The number of hydrogen-bond donors (Lipinski definition) is 0. The summed E-state index contributed by atoms with van der Waals surface area (Å²) >= 11 is 1.25. The summed E-state index contributed by atoms with van der Waals surface area (Å²) in [7, 11) is 0. The van der Waals surface area contributed by atoms with Crippen LogP contribution >= 0.6 is 11.8 Å². The van der Waals surface area contributed by atoms with Crippen LogP contribution in [0.4, 0.5) is 0 Å². The number of carbonyl (C=O) groups is 1. The molecule has 0 N–H and O–H groups in total. The van der Waals surface area contributed by atoms with Gasteiger partial charge in [-0.25, -0.2) is 0 Å². The summed E-state index contributed by atoms with van der Waals surface area (Å²) < 4.78 is 0. The molecule has 0 bridgehead atoms. The molecule has 0 spiro atoms. The number of azide groups is 1. The maximum Gasteiger partial charge on any atom is 0.189 e. The fourth-order valence-electron chi connectivity index (χ4n) is 1.05. The van der Waals surface area contributed by atoms with E-state index in [0.717, 1.165) is 5.69 Å². The second kappa shape index (κ2) is 7.73. The summed E-state index contributed by atoms with van der Waals surface area (Å²) in [6, 6.07) is 5.63. The molecular formula is C10H12N4OS. The largest absolute Gasteiger partial charge is 0.287 e. The maximum atomic E-state index is 11.4. The number of hydrogen-bond acceptors (Lipinski definition) is 4. The number of thioether (sulfide) groups is 1. The molecule has 0 aliphatic rings. The Hall–Kier alpha value is -1.52. The monoisotopic (exact) mass is 236 g/mol. The van der Waals surface area contributed by atoms with Gasteiger partial charge in [0.2, 0.25) is 0 Å².